The van der Waals surface area contributed by atoms with Crippen LogP contribution in [0.1, 0.15) is 44.1 Å². The van der Waals surface area contributed by atoms with Crippen molar-refractivity contribution in [3.63, 3.8) is 0 Å². The van der Waals surface area contributed by atoms with Crippen LogP contribution < -0.4 is 5.73 Å². The summed E-state index contributed by atoms with van der Waals surface area (Å²) < 4.78 is 5.73. The van der Waals surface area contributed by atoms with Gasteiger partial charge in [0.25, 0.3) is 0 Å². The Kier molecular flexibility index (Phi) is 4.74. The van der Waals surface area contributed by atoms with Crippen molar-refractivity contribution in [2.75, 3.05) is 6.54 Å². The Morgan fingerprint density at radius 3 is 2.63 bits per heavy atom. The van der Waals surface area contributed by atoms with Crippen molar-refractivity contribution in [2.45, 2.75) is 39.0 Å². The number of benzene rings is 1. The van der Waals surface area contributed by atoms with E-state index in [0.29, 0.717) is 12.5 Å². The zero-order valence-electron chi connectivity index (χ0n) is 11.7. The molecule has 0 aliphatic rings. The number of hydrogen-bond acceptors (Lipinski definition) is 3. The lowest BCUT2D eigenvalue weighted by Gasteiger charge is -2.08. The summed E-state index contributed by atoms with van der Waals surface area (Å²) in [7, 11) is 0. The monoisotopic (exact) mass is 258 g/mol. The smallest absolute Gasteiger partial charge is 0.194 e. The van der Waals surface area contributed by atoms with E-state index < -0.39 is 0 Å². The maximum absolute atomic E-state index is 5.73. The molecule has 102 valence electrons. The average molecular weight is 258 g/mol. The van der Waals surface area contributed by atoms with Crippen LogP contribution in [0.15, 0.2) is 34.9 Å². The van der Waals surface area contributed by atoms with Gasteiger partial charge in [0, 0.05) is 12.0 Å². The molecule has 1 atom stereocenters. The first kappa shape index (κ1) is 13.8. The number of aryl methyl sites for hydroxylation is 1. The molecule has 2 N–H and O–H groups in total. The Bertz CT molecular complexity index is 502. The summed E-state index contributed by atoms with van der Waals surface area (Å²) in [5, 5.41) is 0. The van der Waals surface area contributed by atoms with Gasteiger partial charge in [0.1, 0.15) is 0 Å². The molecule has 0 saturated heterocycles. The van der Waals surface area contributed by atoms with Gasteiger partial charge in [0.15, 0.2) is 11.7 Å². The minimum absolute atomic E-state index is 0.601. The average Bonchev–Trinajstić information content (AvgIpc) is 2.93. The van der Waals surface area contributed by atoms with Gasteiger partial charge in [0.05, 0.1) is 6.20 Å². The normalized spacial score (nSPS) is 12.6. The summed E-state index contributed by atoms with van der Waals surface area (Å²) in [5.41, 5.74) is 7.93. The highest BCUT2D eigenvalue weighted by Gasteiger charge is 2.07. The summed E-state index contributed by atoms with van der Waals surface area (Å²) in [4.78, 5) is 4.28. The summed E-state index contributed by atoms with van der Waals surface area (Å²) in [6, 6.07) is 8.56. The summed E-state index contributed by atoms with van der Waals surface area (Å²) in [6.07, 6.45) is 4.67. The third kappa shape index (κ3) is 3.44. The van der Waals surface area contributed by atoms with Crippen LogP contribution in [0, 0.1) is 0 Å². The van der Waals surface area contributed by atoms with Gasteiger partial charge < -0.3 is 10.2 Å². The van der Waals surface area contributed by atoms with Crippen molar-refractivity contribution in [1.29, 1.82) is 0 Å². The van der Waals surface area contributed by atoms with Gasteiger partial charge in [-0.25, -0.2) is 4.98 Å². The zero-order chi connectivity index (χ0) is 13.7. The van der Waals surface area contributed by atoms with Crippen LogP contribution >= 0.6 is 0 Å². The molecule has 0 radical (unpaired) electrons. The van der Waals surface area contributed by atoms with Crippen LogP contribution in [0.4, 0.5) is 0 Å². The molecule has 1 aromatic carbocycles. The number of oxazole rings is 1. The van der Waals surface area contributed by atoms with Crippen molar-refractivity contribution in [3.8, 4) is 11.3 Å². The highest BCUT2D eigenvalue weighted by Crippen LogP contribution is 2.24. The van der Waals surface area contributed by atoms with E-state index in [1.807, 2.05) is 0 Å². The minimum atomic E-state index is 0.601. The van der Waals surface area contributed by atoms with Gasteiger partial charge in [-0.15, -0.1) is 0 Å². The molecule has 2 aromatic rings. The van der Waals surface area contributed by atoms with Crippen LogP contribution in [0.5, 0.6) is 0 Å². The predicted octanol–water partition coefficient (Wildman–Crippen LogP) is 3.75. The fraction of sp³-hybridized carbons (Fsp3) is 0.438. The first-order chi connectivity index (χ1) is 9.24. The van der Waals surface area contributed by atoms with E-state index in [2.05, 4.69) is 43.1 Å². The second-order valence-electron chi connectivity index (χ2n) is 4.94. The molecule has 0 spiro atoms. The third-order valence-corrected chi connectivity index (χ3v) is 3.52. The molecule has 1 unspecified atom stereocenters. The van der Waals surface area contributed by atoms with Crippen LogP contribution in [-0.4, -0.2) is 11.5 Å². The molecule has 0 fully saturated rings. The minimum Gasteiger partial charge on any atom is -0.441 e. The topological polar surface area (TPSA) is 52.0 Å². The SMILES string of the molecule is CCC(C)c1ccc(-c2cnc(CCCN)o2)cc1. The molecule has 0 aliphatic carbocycles. The maximum atomic E-state index is 5.73. The van der Waals surface area contributed by atoms with Gasteiger partial charge >= 0.3 is 0 Å². The zero-order valence-corrected chi connectivity index (χ0v) is 11.7. The number of rotatable bonds is 6. The fourth-order valence-corrected chi connectivity index (χ4v) is 2.02. The Balaban J connectivity index is 2.11. The second-order valence-corrected chi connectivity index (χ2v) is 4.94. The van der Waals surface area contributed by atoms with E-state index in [1.54, 1.807) is 6.20 Å². The Morgan fingerprint density at radius 1 is 1.26 bits per heavy atom. The van der Waals surface area contributed by atoms with Crippen molar-refractivity contribution in [1.82, 2.24) is 4.98 Å². The first-order valence-corrected chi connectivity index (χ1v) is 6.99. The van der Waals surface area contributed by atoms with E-state index in [4.69, 9.17) is 10.2 Å². The molecule has 0 bridgehead atoms. The molecular weight excluding hydrogens is 236 g/mol. The van der Waals surface area contributed by atoms with Crippen molar-refractivity contribution < 1.29 is 4.42 Å². The van der Waals surface area contributed by atoms with E-state index in [9.17, 15) is 0 Å². The number of aromatic nitrogens is 1. The molecule has 19 heavy (non-hydrogen) atoms. The molecule has 3 nitrogen and oxygen atoms in total. The lowest BCUT2D eigenvalue weighted by molar-refractivity contribution is 0.499. The molecule has 1 aromatic heterocycles. The maximum Gasteiger partial charge on any atom is 0.194 e. The summed E-state index contributed by atoms with van der Waals surface area (Å²) in [5.74, 6) is 2.21. The van der Waals surface area contributed by atoms with Crippen molar-refractivity contribution >= 4 is 0 Å². The Morgan fingerprint density at radius 2 is 2.00 bits per heavy atom. The van der Waals surface area contributed by atoms with Crippen LogP contribution in [0.25, 0.3) is 11.3 Å². The predicted molar refractivity (Wildman–Crippen MR) is 78.0 cm³/mol. The van der Waals surface area contributed by atoms with Crippen LogP contribution in [-0.2, 0) is 6.42 Å². The van der Waals surface area contributed by atoms with Crippen molar-refractivity contribution in [2.24, 2.45) is 5.73 Å². The molecule has 0 saturated carbocycles. The van der Waals surface area contributed by atoms with E-state index in [-0.39, 0.29) is 0 Å². The van der Waals surface area contributed by atoms with Gasteiger partial charge in [-0.05, 0) is 30.9 Å². The molecule has 2 rings (SSSR count). The molecule has 1 heterocycles. The third-order valence-electron chi connectivity index (χ3n) is 3.52. The van der Waals surface area contributed by atoms with Gasteiger partial charge in [-0.3, -0.25) is 0 Å². The summed E-state index contributed by atoms with van der Waals surface area (Å²) in [6.45, 7) is 5.12. The van der Waals surface area contributed by atoms with E-state index in [1.165, 1.54) is 5.56 Å². The highest BCUT2D eigenvalue weighted by atomic mass is 16.4. The van der Waals surface area contributed by atoms with Gasteiger partial charge in [0.2, 0.25) is 0 Å². The standard InChI is InChI=1S/C16H22N2O/c1-3-12(2)13-6-8-14(9-7-13)15-11-18-16(19-15)5-4-10-17/h6-9,11-12H,3-5,10,17H2,1-2H3. The Labute approximate surface area is 114 Å². The number of nitrogens with two attached hydrogens (primary N) is 1. The van der Waals surface area contributed by atoms with Crippen LogP contribution in [0.3, 0.4) is 0 Å². The van der Waals surface area contributed by atoms with Gasteiger partial charge in [-0.2, -0.15) is 0 Å². The molecule has 0 aliphatic heterocycles. The Hall–Kier alpha value is -1.61. The first-order valence-electron chi connectivity index (χ1n) is 6.99. The summed E-state index contributed by atoms with van der Waals surface area (Å²) >= 11 is 0. The fourth-order valence-electron chi connectivity index (χ4n) is 2.02. The van der Waals surface area contributed by atoms with Crippen molar-refractivity contribution in [3.05, 3.63) is 41.9 Å². The molecule has 3 heteroatoms. The largest absolute Gasteiger partial charge is 0.441 e. The van der Waals surface area contributed by atoms with E-state index in [0.717, 1.165) is 36.5 Å². The molecular formula is C16H22N2O. The molecule has 0 amide bonds. The van der Waals surface area contributed by atoms with Crippen LogP contribution in [0.2, 0.25) is 0 Å². The van der Waals surface area contributed by atoms with E-state index >= 15 is 0 Å². The second kappa shape index (κ2) is 6.53. The quantitative estimate of drug-likeness (QED) is 0.858. The van der Waals surface area contributed by atoms with Gasteiger partial charge in [-0.1, -0.05) is 38.1 Å². The number of hydrogen-bond donors (Lipinski definition) is 1. The lowest BCUT2D eigenvalue weighted by Crippen LogP contribution is -2.00. The highest BCUT2D eigenvalue weighted by molar-refractivity contribution is 5.56. The number of nitrogens with zero attached hydrogens (tertiary/aromatic N) is 1. The lowest BCUT2D eigenvalue weighted by atomic mass is 9.97.